The van der Waals surface area contributed by atoms with Crippen LogP contribution >= 0.6 is 0 Å². The van der Waals surface area contributed by atoms with Crippen molar-refractivity contribution in [2.24, 2.45) is 0 Å². The monoisotopic (exact) mass is 203 g/mol. The summed E-state index contributed by atoms with van der Waals surface area (Å²) in [6, 6.07) is 9.99. The average molecular weight is 203 g/mol. The minimum absolute atomic E-state index is 0.0164. The number of rotatable bonds is 3. The Morgan fingerprint density at radius 2 is 2.00 bits per heavy atom. The largest absolute Gasteiger partial charge is 0.391 e. The van der Waals surface area contributed by atoms with Crippen LogP contribution in [0.4, 0.5) is 0 Å². The molecule has 0 aliphatic rings. The van der Waals surface area contributed by atoms with Gasteiger partial charge in [0.05, 0.1) is 12.3 Å². The number of nitrogens with zero attached hydrogens (tertiary/aromatic N) is 1. The molecule has 0 aliphatic carbocycles. The number of benzene rings is 1. The Bertz CT molecular complexity index is 434. The maximum atomic E-state index is 9.17. The summed E-state index contributed by atoms with van der Waals surface area (Å²) in [7, 11) is 0. The third-order valence-corrected chi connectivity index (χ3v) is 2.43. The molecule has 3 nitrogen and oxygen atoms in total. The van der Waals surface area contributed by atoms with Gasteiger partial charge in [0.2, 0.25) is 0 Å². The van der Waals surface area contributed by atoms with Crippen LogP contribution in [0.3, 0.4) is 0 Å². The summed E-state index contributed by atoms with van der Waals surface area (Å²) in [5.74, 6) is 0.751. The molecular formula is C12H13NO2. The normalized spacial score (nSPS) is 10.5. The molecule has 0 spiro atoms. The van der Waals surface area contributed by atoms with Crippen molar-refractivity contribution in [1.29, 1.82) is 0 Å². The van der Waals surface area contributed by atoms with Gasteiger partial charge in [-0.05, 0) is 12.5 Å². The van der Waals surface area contributed by atoms with Crippen molar-refractivity contribution in [3.8, 4) is 0 Å². The van der Waals surface area contributed by atoms with Gasteiger partial charge in [-0.3, -0.25) is 0 Å². The third-order valence-electron chi connectivity index (χ3n) is 2.43. The van der Waals surface area contributed by atoms with Crippen molar-refractivity contribution >= 4 is 0 Å². The third kappa shape index (κ3) is 2.07. The van der Waals surface area contributed by atoms with E-state index in [0.717, 1.165) is 22.6 Å². The fourth-order valence-electron chi connectivity index (χ4n) is 1.56. The zero-order valence-corrected chi connectivity index (χ0v) is 8.60. The predicted molar refractivity (Wildman–Crippen MR) is 56.4 cm³/mol. The number of aromatic nitrogens is 1. The molecule has 0 unspecified atom stereocenters. The molecule has 0 aliphatic heterocycles. The molecule has 15 heavy (non-hydrogen) atoms. The lowest BCUT2D eigenvalue weighted by Crippen LogP contribution is -1.92. The summed E-state index contributed by atoms with van der Waals surface area (Å²) in [5.41, 5.74) is 2.73. The fourth-order valence-corrected chi connectivity index (χ4v) is 1.56. The molecule has 2 aromatic rings. The molecule has 0 bridgehead atoms. The summed E-state index contributed by atoms with van der Waals surface area (Å²) >= 11 is 0. The second-order valence-corrected chi connectivity index (χ2v) is 3.49. The molecule has 2 rings (SSSR count). The Hall–Kier alpha value is -1.61. The van der Waals surface area contributed by atoms with E-state index in [1.54, 1.807) is 0 Å². The van der Waals surface area contributed by atoms with Gasteiger partial charge in [-0.15, -0.1) is 0 Å². The molecule has 1 aromatic carbocycles. The minimum Gasteiger partial charge on any atom is -0.391 e. The molecule has 78 valence electrons. The Morgan fingerprint density at radius 1 is 1.27 bits per heavy atom. The molecule has 0 saturated heterocycles. The lowest BCUT2D eigenvalue weighted by atomic mass is 10.1. The van der Waals surface area contributed by atoms with Gasteiger partial charge in [0, 0.05) is 12.0 Å². The summed E-state index contributed by atoms with van der Waals surface area (Å²) < 4.78 is 5.18. The molecule has 0 fully saturated rings. The van der Waals surface area contributed by atoms with Crippen molar-refractivity contribution in [3.05, 3.63) is 52.9 Å². The summed E-state index contributed by atoms with van der Waals surface area (Å²) in [6.07, 6.45) is 0.678. The number of hydrogen-bond donors (Lipinski definition) is 1. The maximum absolute atomic E-state index is 9.17. The second kappa shape index (κ2) is 4.28. The lowest BCUT2D eigenvalue weighted by Gasteiger charge is -1.99. The first-order valence-electron chi connectivity index (χ1n) is 4.90. The second-order valence-electron chi connectivity index (χ2n) is 3.49. The number of hydrogen-bond acceptors (Lipinski definition) is 3. The van der Waals surface area contributed by atoms with Crippen LogP contribution < -0.4 is 0 Å². The van der Waals surface area contributed by atoms with E-state index in [1.807, 2.05) is 37.3 Å². The van der Waals surface area contributed by atoms with Gasteiger partial charge >= 0.3 is 0 Å². The minimum atomic E-state index is -0.0164. The van der Waals surface area contributed by atoms with Gasteiger partial charge in [0.15, 0.2) is 0 Å². The quantitative estimate of drug-likeness (QED) is 0.830. The number of aliphatic hydroxyl groups is 1. The molecule has 0 amide bonds. The molecule has 0 saturated carbocycles. The summed E-state index contributed by atoms with van der Waals surface area (Å²) in [6.45, 7) is 1.82. The smallest absolute Gasteiger partial charge is 0.146 e. The van der Waals surface area contributed by atoms with Crippen molar-refractivity contribution in [1.82, 2.24) is 5.16 Å². The van der Waals surface area contributed by atoms with Gasteiger partial charge in [-0.25, -0.2) is 0 Å². The van der Waals surface area contributed by atoms with E-state index in [2.05, 4.69) is 5.16 Å². The van der Waals surface area contributed by atoms with Crippen molar-refractivity contribution in [3.63, 3.8) is 0 Å². The Kier molecular flexibility index (Phi) is 2.83. The van der Waals surface area contributed by atoms with Crippen molar-refractivity contribution in [2.75, 3.05) is 0 Å². The first-order valence-corrected chi connectivity index (χ1v) is 4.90. The highest BCUT2D eigenvalue weighted by Crippen LogP contribution is 2.17. The molecule has 0 radical (unpaired) electrons. The standard InChI is InChI=1S/C12H13NO2/c1-9-11(8-14)12(15-13-9)7-10-5-3-2-4-6-10/h2-6,14H,7-8H2,1H3. The summed E-state index contributed by atoms with van der Waals surface area (Å²) in [5, 5.41) is 13.0. The molecule has 1 heterocycles. The topological polar surface area (TPSA) is 46.3 Å². The van der Waals surface area contributed by atoms with Gasteiger partial charge in [0.25, 0.3) is 0 Å². The number of aryl methyl sites for hydroxylation is 1. The van der Waals surface area contributed by atoms with Crippen LogP contribution in [0.5, 0.6) is 0 Å². The Balaban J connectivity index is 2.25. The van der Waals surface area contributed by atoms with E-state index < -0.39 is 0 Å². The molecular weight excluding hydrogens is 190 g/mol. The van der Waals surface area contributed by atoms with Crippen LogP contribution in [0.25, 0.3) is 0 Å². The van der Waals surface area contributed by atoms with Crippen molar-refractivity contribution in [2.45, 2.75) is 20.0 Å². The van der Waals surface area contributed by atoms with E-state index in [4.69, 9.17) is 9.63 Å². The summed E-state index contributed by atoms with van der Waals surface area (Å²) in [4.78, 5) is 0. The molecule has 3 heteroatoms. The van der Waals surface area contributed by atoms with E-state index >= 15 is 0 Å². The highest BCUT2D eigenvalue weighted by Gasteiger charge is 2.11. The zero-order valence-electron chi connectivity index (χ0n) is 8.60. The highest BCUT2D eigenvalue weighted by atomic mass is 16.5. The van der Waals surface area contributed by atoms with Crippen LogP contribution in [-0.4, -0.2) is 10.3 Å². The van der Waals surface area contributed by atoms with Crippen LogP contribution in [0.2, 0.25) is 0 Å². The Morgan fingerprint density at radius 3 is 2.67 bits per heavy atom. The number of aliphatic hydroxyl groups excluding tert-OH is 1. The van der Waals surface area contributed by atoms with Gasteiger partial charge in [-0.1, -0.05) is 35.5 Å². The van der Waals surface area contributed by atoms with Crippen LogP contribution in [0, 0.1) is 6.92 Å². The van der Waals surface area contributed by atoms with E-state index in [9.17, 15) is 0 Å². The molecule has 0 atom stereocenters. The Labute approximate surface area is 88.3 Å². The van der Waals surface area contributed by atoms with Gasteiger partial charge in [-0.2, -0.15) is 0 Å². The highest BCUT2D eigenvalue weighted by molar-refractivity contribution is 5.27. The van der Waals surface area contributed by atoms with E-state index in [-0.39, 0.29) is 6.61 Å². The first-order chi connectivity index (χ1) is 7.31. The van der Waals surface area contributed by atoms with E-state index in [0.29, 0.717) is 6.42 Å². The van der Waals surface area contributed by atoms with Crippen molar-refractivity contribution < 1.29 is 9.63 Å². The zero-order chi connectivity index (χ0) is 10.7. The molecule has 1 N–H and O–H groups in total. The van der Waals surface area contributed by atoms with Gasteiger partial charge < -0.3 is 9.63 Å². The van der Waals surface area contributed by atoms with Crippen LogP contribution in [-0.2, 0) is 13.0 Å². The first kappa shape index (κ1) is 9.93. The average Bonchev–Trinajstić information content (AvgIpc) is 2.61. The van der Waals surface area contributed by atoms with Crippen LogP contribution in [0.1, 0.15) is 22.6 Å². The van der Waals surface area contributed by atoms with Crippen LogP contribution in [0.15, 0.2) is 34.9 Å². The lowest BCUT2D eigenvalue weighted by molar-refractivity contribution is 0.277. The van der Waals surface area contributed by atoms with E-state index in [1.165, 1.54) is 0 Å². The molecule has 1 aromatic heterocycles. The SMILES string of the molecule is Cc1noc(Cc2ccccc2)c1CO. The predicted octanol–water partition coefficient (Wildman–Crippen LogP) is 2.07. The van der Waals surface area contributed by atoms with Gasteiger partial charge in [0.1, 0.15) is 5.76 Å². The maximum Gasteiger partial charge on any atom is 0.146 e. The fraction of sp³-hybridized carbons (Fsp3) is 0.250.